The fraction of sp³-hybridized carbons (Fsp3) is 0.195. The van der Waals surface area contributed by atoms with Crippen molar-refractivity contribution in [1.82, 2.24) is 0 Å². The van der Waals surface area contributed by atoms with Crippen molar-refractivity contribution in [1.29, 1.82) is 0 Å². The number of ether oxygens (including phenoxy) is 5. The first kappa shape index (κ1) is 43.9. The Morgan fingerprint density at radius 1 is 0.729 bits per heavy atom. The topological polar surface area (TPSA) is 187 Å². The van der Waals surface area contributed by atoms with Crippen LogP contribution in [0.1, 0.15) is 47.8 Å². The molecule has 0 bridgehead atoms. The van der Waals surface area contributed by atoms with Gasteiger partial charge in [0.1, 0.15) is 0 Å². The zero-order valence-corrected chi connectivity index (χ0v) is 35.2. The average Bonchev–Trinajstić information content (AvgIpc) is 3.74. The highest BCUT2D eigenvalue weighted by atomic mass is 79.9. The third kappa shape index (κ3) is 9.25. The monoisotopic (exact) mass is 911 g/mol. The molecule has 59 heavy (non-hydrogen) atoms. The minimum atomic E-state index is -0.838. The van der Waals surface area contributed by atoms with Gasteiger partial charge < -0.3 is 43.7 Å². The van der Waals surface area contributed by atoms with Gasteiger partial charge in [0.05, 0.1) is 70.3 Å². The Morgan fingerprint density at radius 2 is 1.20 bits per heavy atom. The van der Waals surface area contributed by atoms with Crippen molar-refractivity contribution < 1.29 is 53.2 Å². The van der Waals surface area contributed by atoms with Gasteiger partial charge in [-0.2, -0.15) is 0 Å². The van der Waals surface area contributed by atoms with Crippen LogP contribution >= 0.6 is 39.1 Å². The molecule has 5 aromatic carbocycles. The fourth-order valence-electron chi connectivity index (χ4n) is 6.24. The van der Waals surface area contributed by atoms with Gasteiger partial charge in [0, 0.05) is 32.3 Å². The van der Waals surface area contributed by atoms with E-state index in [-0.39, 0.29) is 23.6 Å². The number of hydrogen-bond acceptors (Lipinski definition) is 12. The summed E-state index contributed by atoms with van der Waals surface area (Å²) < 4.78 is 25.5. The molecule has 2 N–H and O–H groups in total. The van der Waals surface area contributed by atoms with Crippen molar-refractivity contribution in [2.24, 2.45) is 0 Å². The van der Waals surface area contributed by atoms with E-state index in [1.165, 1.54) is 19.1 Å². The molecule has 0 saturated heterocycles. The number of benzene rings is 5. The maximum atomic E-state index is 12.5. The van der Waals surface area contributed by atoms with E-state index in [1.54, 1.807) is 80.8 Å². The molecule has 18 heteroatoms. The Labute approximate surface area is 356 Å². The van der Waals surface area contributed by atoms with Crippen LogP contribution in [-0.4, -0.2) is 68.5 Å². The zero-order chi connectivity index (χ0) is 43.1. The van der Waals surface area contributed by atoms with E-state index in [4.69, 9.17) is 46.9 Å². The summed E-state index contributed by atoms with van der Waals surface area (Å²) in [7, 11) is 7.55. The first-order valence-electron chi connectivity index (χ1n) is 17.2. The fourth-order valence-corrected chi connectivity index (χ4v) is 6.95. The van der Waals surface area contributed by atoms with E-state index < -0.39 is 34.0 Å². The summed E-state index contributed by atoms with van der Waals surface area (Å²) in [6, 6.07) is 21.6. The molecule has 0 aliphatic carbocycles. The molecule has 0 unspecified atom stereocenters. The standard InChI is InChI=1S/C16H14ClNO3.C14H9ClN2O5.C11H13BrO4/c1-20-14-7-10-9-18(12-5-3-11(17)4-6-12)16(19)13(10)8-15(14)21-2;15-7-1-3-8(4-2-7)16-6-10-9(14(16)20)5-11(18)13(19)12(10)17(21)22;1-14-9-4-7(6-12)8(11(13)16-3)5-10(9)15-2/h3-8H,9H2,1-2H3;1-5,18-19H,6H2;4-5H,6H2,1-3H3. The van der Waals surface area contributed by atoms with Crippen molar-refractivity contribution in [3.05, 3.63) is 132 Å². The van der Waals surface area contributed by atoms with E-state index in [2.05, 4.69) is 15.9 Å². The largest absolute Gasteiger partial charge is 0.504 e. The Bertz CT molecular complexity index is 2410. The summed E-state index contributed by atoms with van der Waals surface area (Å²) in [5, 5.41) is 32.0. The van der Waals surface area contributed by atoms with Gasteiger partial charge in [-0.1, -0.05) is 39.1 Å². The van der Waals surface area contributed by atoms with Crippen LogP contribution in [0.25, 0.3) is 0 Å². The lowest BCUT2D eigenvalue weighted by Gasteiger charge is -2.15. The molecular formula is C41H36BrCl2N3O12. The van der Waals surface area contributed by atoms with Crippen molar-refractivity contribution in [2.75, 3.05) is 45.3 Å². The molecule has 2 amide bonds. The minimum Gasteiger partial charge on any atom is -0.504 e. The first-order chi connectivity index (χ1) is 28.2. The van der Waals surface area contributed by atoms with Crippen LogP contribution in [0.2, 0.25) is 10.0 Å². The second kappa shape index (κ2) is 19.0. The second-order valence-electron chi connectivity index (χ2n) is 12.5. The number of nitro groups is 1. The SMILES string of the molecule is COC(=O)c1cc(OC)c(OC)cc1CBr.COc1cc2c(cc1OC)C(=O)N(c1ccc(Cl)cc1)C2.O=C1c2cc(O)c(O)c([N+](=O)[O-])c2CN1c1ccc(Cl)cc1. The highest BCUT2D eigenvalue weighted by Gasteiger charge is 2.38. The second-order valence-corrected chi connectivity index (χ2v) is 13.9. The van der Waals surface area contributed by atoms with Crippen LogP contribution in [0.4, 0.5) is 17.1 Å². The third-order valence-corrected chi connectivity index (χ3v) is 10.3. The van der Waals surface area contributed by atoms with E-state index in [0.29, 0.717) is 61.7 Å². The van der Waals surface area contributed by atoms with Gasteiger partial charge in [-0.15, -0.1) is 0 Å². The van der Waals surface area contributed by atoms with E-state index >= 15 is 0 Å². The zero-order valence-electron chi connectivity index (χ0n) is 32.1. The molecule has 7 rings (SSSR count). The van der Waals surface area contributed by atoms with Crippen LogP contribution in [-0.2, 0) is 23.2 Å². The summed E-state index contributed by atoms with van der Waals surface area (Å²) in [6.45, 7) is 0.441. The first-order valence-corrected chi connectivity index (χ1v) is 19.1. The average molecular weight is 914 g/mol. The highest BCUT2D eigenvalue weighted by molar-refractivity contribution is 9.08. The third-order valence-electron chi connectivity index (χ3n) is 9.18. The predicted molar refractivity (Wildman–Crippen MR) is 223 cm³/mol. The number of phenolic OH excluding ortho intramolecular Hbond substituents is 2. The van der Waals surface area contributed by atoms with Gasteiger partial charge in [-0.05, 0) is 90.0 Å². The number of fused-ring (bicyclic) bond motifs is 2. The number of amides is 2. The van der Waals surface area contributed by atoms with Crippen molar-refractivity contribution >= 4 is 74.0 Å². The number of nitrogens with zero attached hydrogens (tertiary/aromatic N) is 3. The molecular weight excluding hydrogens is 877 g/mol. The smallest absolute Gasteiger partial charge is 0.338 e. The molecule has 0 saturated carbocycles. The molecule has 0 radical (unpaired) electrons. The number of phenols is 2. The normalized spacial score (nSPS) is 12.3. The number of nitro benzene ring substituents is 1. The van der Waals surface area contributed by atoms with E-state index in [1.807, 2.05) is 18.2 Å². The van der Waals surface area contributed by atoms with Crippen molar-refractivity contribution in [3.8, 4) is 34.5 Å². The lowest BCUT2D eigenvalue weighted by Crippen LogP contribution is -2.22. The number of hydrogen-bond donors (Lipinski definition) is 2. The predicted octanol–water partition coefficient (Wildman–Crippen LogP) is 8.72. The lowest BCUT2D eigenvalue weighted by molar-refractivity contribution is -0.386. The summed E-state index contributed by atoms with van der Waals surface area (Å²) in [5.41, 5.74) is 3.58. The molecule has 0 atom stereocenters. The Kier molecular flexibility index (Phi) is 14.1. The quantitative estimate of drug-likeness (QED) is 0.0472. The number of alkyl halides is 1. The van der Waals surface area contributed by atoms with E-state index in [9.17, 15) is 34.7 Å². The number of aromatic hydroxyl groups is 2. The summed E-state index contributed by atoms with van der Waals surface area (Å²) in [4.78, 5) is 49.8. The van der Waals surface area contributed by atoms with Gasteiger partial charge in [-0.3, -0.25) is 19.7 Å². The number of rotatable bonds is 9. The summed E-state index contributed by atoms with van der Waals surface area (Å²) >= 11 is 15.0. The number of anilines is 2. The minimum absolute atomic E-state index is 0.00282. The van der Waals surface area contributed by atoms with Crippen molar-refractivity contribution in [2.45, 2.75) is 18.4 Å². The Hall–Kier alpha value is -6.23. The molecule has 2 aliphatic heterocycles. The molecule has 308 valence electrons. The summed E-state index contributed by atoms with van der Waals surface area (Å²) in [5.74, 6) is -0.188. The number of halogens is 3. The molecule has 0 spiro atoms. The maximum absolute atomic E-state index is 12.5. The van der Waals surface area contributed by atoms with Gasteiger partial charge in [0.2, 0.25) is 5.75 Å². The Balaban J connectivity index is 0.000000171. The molecule has 0 aromatic heterocycles. The molecule has 0 fully saturated rings. The number of carbonyl (C=O) groups is 3. The Morgan fingerprint density at radius 3 is 1.69 bits per heavy atom. The van der Waals surface area contributed by atoms with Crippen LogP contribution in [0, 0.1) is 10.1 Å². The van der Waals surface area contributed by atoms with Crippen LogP contribution in [0.5, 0.6) is 34.5 Å². The molecule has 5 aromatic rings. The maximum Gasteiger partial charge on any atom is 0.338 e. The van der Waals surface area contributed by atoms with E-state index in [0.717, 1.165) is 22.9 Å². The number of carbonyl (C=O) groups excluding carboxylic acids is 3. The van der Waals surface area contributed by atoms with Gasteiger partial charge >= 0.3 is 11.7 Å². The molecule has 15 nitrogen and oxygen atoms in total. The van der Waals surface area contributed by atoms with Gasteiger partial charge in [-0.25, -0.2) is 4.79 Å². The molecule has 2 heterocycles. The summed E-state index contributed by atoms with van der Waals surface area (Å²) in [6.07, 6.45) is 0. The van der Waals surface area contributed by atoms with Crippen LogP contribution in [0.15, 0.2) is 78.9 Å². The van der Waals surface area contributed by atoms with Gasteiger partial charge in [0.15, 0.2) is 28.7 Å². The number of esters is 1. The van der Waals surface area contributed by atoms with Crippen LogP contribution in [0.3, 0.4) is 0 Å². The lowest BCUT2D eigenvalue weighted by atomic mass is 10.1. The highest BCUT2D eigenvalue weighted by Crippen LogP contribution is 2.44. The van der Waals surface area contributed by atoms with Crippen molar-refractivity contribution in [3.63, 3.8) is 0 Å². The van der Waals surface area contributed by atoms with Gasteiger partial charge in [0.25, 0.3) is 11.8 Å². The molecule has 2 aliphatic rings. The number of methoxy groups -OCH3 is 5. The van der Waals surface area contributed by atoms with Crippen LogP contribution < -0.4 is 28.7 Å².